The number of hydrogen-bond donors (Lipinski definition) is 1. The topological polar surface area (TPSA) is 55.0 Å². The molecule has 0 fully saturated rings. The standard InChI is InChI=1S/C23H17ClN2O2/c1-28-18-12-6-15(7-13-18)14-19(22(27)16-8-10-17(24)11-9-16)23-25-20-4-2-3-5-21(20)26-23/h2-14H,1H3,(H,25,26). The van der Waals surface area contributed by atoms with Gasteiger partial charge < -0.3 is 9.72 Å². The lowest BCUT2D eigenvalue weighted by Crippen LogP contribution is -2.04. The first kappa shape index (κ1) is 18.0. The molecule has 4 rings (SSSR count). The molecule has 0 aliphatic carbocycles. The number of carbonyl (C=O) groups is 1. The van der Waals surface area contributed by atoms with E-state index in [2.05, 4.69) is 9.97 Å². The lowest BCUT2D eigenvalue weighted by Gasteiger charge is -2.06. The zero-order chi connectivity index (χ0) is 19.5. The monoisotopic (exact) mass is 388 g/mol. The van der Waals surface area contributed by atoms with Crippen molar-refractivity contribution >= 4 is 40.1 Å². The summed E-state index contributed by atoms with van der Waals surface area (Å²) < 4.78 is 5.21. The lowest BCUT2D eigenvalue weighted by molar-refractivity contribution is 0.105. The lowest BCUT2D eigenvalue weighted by atomic mass is 10.0. The first-order valence-corrected chi connectivity index (χ1v) is 9.13. The number of Topliss-reactive ketones (excluding diaryl/α,β-unsaturated/α-hetero) is 1. The molecule has 0 unspecified atom stereocenters. The van der Waals surface area contributed by atoms with Gasteiger partial charge in [0, 0.05) is 10.6 Å². The average Bonchev–Trinajstić information content (AvgIpc) is 3.16. The molecule has 138 valence electrons. The third kappa shape index (κ3) is 3.68. The van der Waals surface area contributed by atoms with Crippen molar-refractivity contribution in [2.24, 2.45) is 0 Å². The highest BCUT2D eigenvalue weighted by molar-refractivity contribution is 6.33. The number of nitrogens with zero attached hydrogens (tertiary/aromatic N) is 1. The molecule has 1 aromatic heterocycles. The maximum Gasteiger partial charge on any atom is 0.196 e. The number of aromatic nitrogens is 2. The molecule has 0 saturated carbocycles. The molecule has 4 nitrogen and oxygen atoms in total. The van der Waals surface area contributed by atoms with E-state index in [0.717, 1.165) is 22.3 Å². The van der Waals surface area contributed by atoms with E-state index in [1.165, 1.54) is 0 Å². The van der Waals surface area contributed by atoms with Gasteiger partial charge in [-0.1, -0.05) is 35.9 Å². The van der Waals surface area contributed by atoms with E-state index in [-0.39, 0.29) is 5.78 Å². The molecule has 0 spiro atoms. The number of ketones is 1. The number of benzene rings is 3. The van der Waals surface area contributed by atoms with Crippen LogP contribution in [0.2, 0.25) is 5.02 Å². The Morgan fingerprint density at radius 2 is 1.71 bits per heavy atom. The van der Waals surface area contributed by atoms with Crippen LogP contribution in [0.3, 0.4) is 0 Å². The number of para-hydroxylation sites is 2. The predicted octanol–water partition coefficient (Wildman–Crippen LogP) is 5.65. The summed E-state index contributed by atoms with van der Waals surface area (Å²) in [6.07, 6.45) is 1.83. The van der Waals surface area contributed by atoms with Crippen LogP contribution in [-0.4, -0.2) is 22.9 Å². The molecule has 28 heavy (non-hydrogen) atoms. The molecule has 4 aromatic rings. The highest BCUT2D eigenvalue weighted by Gasteiger charge is 2.18. The highest BCUT2D eigenvalue weighted by Crippen LogP contribution is 2.25. The minimum atomic E-state index is -0.133. The fraction of sp³-hybridized carbons (Fsp3) is 0.0435. The molecule has 0 aliphatic rings. The summed E-state index contributed by atoms with van der Waals surface area (Å²) in [7, 11) is 1.62. The number of rotatable bonds is 5. The van der Waals surface area contributed by atoms with E-state index >= 15 is 0 Å². The van der Waals surface area contributed by atoms with Crippen LogP contribution in [-0.2, 0) is 0 Å². The van der Waals surface area contributed by atoms with Gasteiger partial charge in [0.1, 0.15) is 11.6 Å². The molecule has 0 amide bonds. The van der Waals surface area contributed by atoms with Crippen molar-refractivity contribution in [3.05, 3.63) is 94.8 Å². The molecule has 5 heteroatoms. The number of hydrogen-bond acceptors (Lipinski definition) is 3. The number of halogens is 1. The number of H-pyrrole nitrogens is 1. The molecule has 0 atom stereocenters. The SMILES string of the molecule is COc1ccc(C=C(C(=O)c2ccc(Cl)cc2)c2nc3ccccc3[nH]2)cc1. The number of nitrogens with one attached hydrogen (secondary N) is 1. The van der Waals surface area contributed by atoms with Gasteiger partial charge in [-0.3, -0.25) is 4.79 Å². The van der Waals surface area contributed by atoms with E-state index in [0.29, 0.717) is 22.0 Å². The molecule has 1 N–H and O–H groups in total. The zero-order valence-corrected chi connectivity index (χ0v) is 15.9. The maximum atomic E-state index is 13.3. The van der Waals surface area contributed by atoms with Gasteiger partial charge in [-0.2, -0.15) is 0 Å². The summed E-state index contributed by atoms with van der Waals surface area (Å²) >= 11 is 5.97. The van der Waals surface area contributed by atoms with Crippen LogP contribution in [0.25, 0.3) is 22.7 Å². The van der Waals surface area contributed by atoms with Gasteiger partial charge >= 0.3 is 0 Å². The molecule has 3 aromatic carbocycles. The van der Waals surface area contributed by atoms with Crippen molar-refractivity contribution in [3.8, 4) is 5.75 Å². The fourth-order valence-corrected chi connectivity index (χ4v) is 3.07. The normalized spacial score (nSPS) is 11.6. The van der Waals surface area contributed by atoms with Crippen molar-refractivity contribution < 1.29 is 9.53 Å². The van der Waals surface area contributed by atoms with E-state index in [4.69, 9.17) is 16.3 Å². The van der Waals surface area contributed by atoms with Gasteiger partial charge in [0.25, 0.3) is 0 Å². The summed E-state index contributed by atoms with van der Waals surface area (Å²) in [5, 5.41) is 0.584. The second-order valence-electron chi connectivity index (χ2n) is 6.27. The number of aromatic amines is 1. The molecule has 0 bridgehead atoms. The molecular formula is C23H17ClN2O2. The summed E-state index contributed by atoms with van der Waals surface area (Å²) in [6.45, 7) is 0. The minimum absolute atomic E-state index is 0.133. The maximum absolute atomic E-state index is 13.3. The number of ether oxygens (including phenoxy) is 1. The van der Waals surface area contributed by atoms with E-state index < -0.39 is 0 Å². The van der Waals surface area contributed by atoms with Crippen molar-refractivity contribution in [2.45, 2.75) is 0 Å². The molecular weight excluding hydrogens is 372 g/mol. The predicted molar refractivity (Wildman–Crippen MR) is 113 cm³/mol. The fourth-order valence-electron chi connectivity index (χ4n) is 2.95. The first-order valence-electron chi connectivity index (χ1n) is 8.75. The zero-order valence-electron chi connectivity index (χ0n) is 15.1. The Morgan fingerprint density at radius 1 is 1.00 bits per heavy atom. The van der Waals surface area contributed by atoms with Crippen LogP contribution < -0.4 is 4.74 Å². The molecule has 0 aliphatic heterocycles. The smallest absolute Gasteiger partial charge is 0.196 e. The second kappa shape index (κ2) is 7.71. The number of carbonyl (C=O) groups excluding carboxylic acids is 1. The van der Waals surface area contributed by atoms with Crippen molar-refractivity contribution in [1.82, 2.24) is 9.97 Å². The Morgan fingerprint density at radius 3 is 2.39 bits per heavy atom. The van der Waals surface area contributed by atoms with Crippen molar-refractivity contribution in [3.63, 3.8) is 0 Å². The van der Waals surface area contributed by atoms with Gasteiger partial charge in [0.15, 0.2) is 5.78 Å². The Labute approximate surface area is 167 Å². The van der Waals surface area contributed by atoms with Crippen molar-refractivity contribution in [1.29, 1.82) is 0 Å². The van der Waals surface area contributed by atoms with Crippen LogP contribution in [0, 0.1) is 0 Å². The Kier molecular flexibility index (Phi) is 4.96. The van der Waals surface area contributed by atoms with Gasteiger partial charge in [-0.15, -0.1) is 0 Å². The molecule has 0 saturated heterocycles. The molecule has 1 heterocycles. The number of fused-ring (bicyclic) bond motifs is 1. The van der Waals surface area contributed by atoms with Crippen LogP contribution in [0.1, 0.15) is 21.7 Å². The van der Waals surface area contributed by atoms with Gasteiger partial charge in [0.2, 0.25) is 0 Å². The number of allylic oxidation sites excluding steroid dienone is 1. The largest absolute Gasteiger partial charge is 0.497 e. The minimum Gasteiger partial charge on any atom is -0.497 e. The summed E-state index contributed by atoms with van der Waals surface area (Å²) in [5.41, 5.74) is 3.58. The average molecular weight is 389 g/mol. The van der Waals surface area contributed by atoms with E-state index in [1.807, 2.05) is 54.6 Å². The first-order chi connectivity index (χ1) is 13.6. The second-order valence-corrected chi connectivity index (χ2v) is 6.71. The van der Waals surface area contributed by atoms with Crippen LogP contribution >= 0.6 is 11.6 Å². The van der Waals surface area contributed by atoms with Crippen LogP contribution in [0.4, 0.5) is 0 Å². The molecule has 0 radical (unpaired) electrons. The summed E-state index contributed by atoms with van der Waals surface area (Å²) in [6, 6.07) is 22.0. The van der Waals surface area contributed by atoms with E-state index in [1.54, 1.807) is 31.4 Å². The number of imidazole rings is 1. The van der Waals surface area contributed by atoms with Crippen LogP contribution in [0.15, 0.2) is 72.8 Å². The Hall–Kier alpha value is -3.37. The third-order valence-electron chi connectivity index (χ3n) is 4.42. The summed E-state index contributed by atoms with van der Waals surface area (Å²) in [5.74, 6) is 1.15. The summed E-state index contributed by atoms with van der Waals surface area (Å²) in [4.78, 5) is 21.1. The van der Waals surface area contributed by atoms with Gasteiger partial charge in [0.05, 0.1) is 23.7 Å². The quantitative estimate of drug-likeness (QED) is 0.355. The third-order valence-corrected chi connectivity index (χ3v) is 4.67. The Bertz CT molecular complexity index is 1130. The van der Waals surface area contributed by atoms with Gasteiger partial charge in [-0.05, 0) is 60.2 Å². The highest BCUT2D eigenvalue weighted by atomic mass is 35.5. The van der Waals surface area contributed by atoms with Crippen LogP contribution in [0.5, 0.6) is 5.75 Å². The van der Waals surface area contributed by atoms with Crippen molar-refractivity contribution in [2.75, 3.05) is 7.11 Å². The van der Waals surface area contributed by atoms with Gasteiger partial charge in [-0.25, -0.2) is 4.98 Å². The van der Waals surface area contributed by atoms with E-state index in [9.17, 15) is 4.79 Å². The Balaban J connectivity index is 1.82. The number of methoxy groups -OCH3 is 1.